The van der Waals surface area contributed by atoms with Crippen LogP contribution in [-0.4, -0.2) is 41.2 Å². The second-order valence-electron chi connectivity index (χ2n) is 19.1. The predicted octanol–water partition coefficient (Wildman–Crippen LogP) is 12.3. The van der Waals surface area contributed by atoms with Crippen molar-refractivity contribution in [2.75, 3.05) is 6.61 Å². The molecule has 0 saturated heterocycles. The lowest BCUT2D eigenvalue weighted by Crippen LogP contribution is -2.51. The number of rotatable bonds is 23. The first-order valence-corrected chi connectivity index (χ1v) is 22.5. The Hall–Kier alpha value is -1.07. The Morgan fingerprint density at radius 2 is 1.47 bits per heavy atom. The third-order valence-corrected chi connectivity index (χ3v) is 15.1. The van der Waals surface area contributed by atoms with Gasteiger partial charge in [-0.1, -0.05) is 156 Å². The summed E-state index contributed by atoms with van der Waals surface area (Å²) in [6, 6.07) is -0.678. The van der Waals surface area contributed by atoms with Gasteiger partial charge in [-0.25, -0.2) is 4.79 Å². The molecule has 0 aromatic heterocycles. The Morgan fingerprint density at radius 1 is 0.824 bits per heavy atom. The molecule has 3 N–H and O–H groups in total. The summed E-state index contributed by atoms with van der Waals surface area (Å²) in [6.07, 6.45) is 32.2. The highest BCUT2D eigenvalue weighted by atomic mass is 16.6. The van der Waals surface area contributed by atoms with Gasteiger partial charge < -0.3 is 20.3 Å². The third kappa shape index (κ3) is 11.7. The Kier molecular flexibility index (Phi) is 17.7. The van der Waals surface area contributed by atoms with Gasteiger partial charge in [-0.15, -0.1) is 0 Å². The molecule has 3 saturated carbocycles. The van der Waals surface area contributed by atoms with Crippen molar-refractivity contribution >= 4 is 6.09 Å². The molecule has 0 aromatic carbocycles. The number of unbranched alkanes of at least 4 members (excludes halogenated alkanes) is 12. The van der Waals surface area contributed by atoms with Gasteiger partial charge in [0.05, 0.1) is 18.8 Å². The molecular formula is C46H83NO4. The number of amides is 1. The van der Waals surface area contributed by atoms with Crippen LogP contribution < -0.4 is 5.32 Å². The second-order valence-corrected chi connectivity index (χ2v) is 19.1. The molecular weight excluding hydrogens is 631 g/mol. The summed E-state index contributed by atoms with van der Waals surface area (Å²) >= 11 is 0. The highest BCUT2D eigenvalue weighted by molar-refractivity contribution is 5.68. The molecule has 0 heterocycles. The highest BCUT2D eigenvalue weighted by Crippen LogP contribution is 2.67. The van der Waals surface area contributed by atoms with Crippen molar-refractivity contribution in [2.24, 2.45) is 46.3 Å². The first kappa shape index (κ1) is 42.7. The Bertz CT molecular complexity index is 1040. The molecule has 5 nitrogen and oxygen atoms in total. The first-order chi connectivity index (χ1) is 24.5. The van der Waals surface area contributed by atoms with Crippen molar-refractivity contribution in [3.63, 3.8) is 0 Å². The van der Waals surface area contributed by atoms with Gasteiger partial charge in [-0.2, -0.15) is 0 Å². The topological polar surface area (TPSA) is 78.8 Å². The fraction of sp³-hybridized carbons (Fsp3) is 0.935. The molecule has 0 bridgehead atoms. The van der Waals surface area contributed by atoms with Crippen molar-refractivity contribution < 1.29 is 19.7 Å². The van der Waals surface area contributed by atoms with Crippen LogP contribution in [0.4, 0.5) is 4.79 Å². The Labute approximate surface area is 315 Å². The van der Waals surface area contributed by atoms with E-state index < -0.39 is 18.2 Å². The van der Waals surface area contributed by atoms with Crippen LogP contribution in [-0.2, 0) is 4.74 Å². The van der Waals surface area contributed by atoms with Crippen LogP contribution in [0.1, 0.15) is 202 Å². The van der Waals surface area contributed by atoms with E-state index in [4.69, 9.17) is 4.74 Å². The zero-order valence-corrected chi connectivity index (χ0v) is 34.4. The Morgan fingerprint density at radius 3 is 2.10 bits per heavy atom. The summed E-state index contributed by atoms with van der Waals surface area (Å²) in [7, 11) is 0. The standard InChI is InChI=1S/C46H83NO4/c1-7-8-9-10-11-12-13-14-15-16-17-18-19-23-43(49)42(33-48)47-44(50)51-37-28-30-45(5)36(32-37)24-25-38-40-27-26-39(35(4)22-20-21-34(2)3)46(40,6)31-29-41(38)45/h24,34-35,37-43,48-49H,7-23,25-33H2,1-6H3,(H,47,50)/t35-,37?,38?,39-,40?,41?,42?,43?,45+,46-/m1/s1. The van der Waals surface area contributed by atoms with Crippen LogP contribution in [0.3, 0.4) is 0 Å². The zero-order chi connectivity index (χ0) is 36.9. The number of alkyl carbamates (subject to hydrolysis) is 1. The fourth-order valence-corrected chi connectivity index (χ4v) is 11.9. The molecule has 0 radical (unpaired) electrons. The maximum absolute atomic E-state index is 13.0. The van der Waals surface area contributed by atoms with Crippen LogP contribution in [0.25, 0.3) is 0 Å². The van der Waals surface area contributed by atoms with Gasteiger partial charge in [-0.3, -0.25) is 0 Å². The minimum absolute atomic E-state index is 0.130. The van der Waals surface area contributed by atoms with Crippen LogP contribution in [0.15, 0.2) is 11.6 Å². The van der Waals surface area contributed by atoms with E-state index in [1.54, 1.807) is 0 Å². The molecule has 4 aliphatic carbocycles. The predicted molar refractivity (Wildman–Crippen MR) is 214 cm³/mol. The molecule has 10 atom stereocenters. The zero-order valence-electron chi connectivity index (χ0n) is 34.4. The minimum Gasteiger partial charge on any atom is -0.446 e. The van der Waals surface area contributed by atoms with Gasteiger partial charge in [0.25, 0.3) is 0 Å². The molecule has 6 unspecified atom stereocenters. The summed E-state index contributed by atoms with van der Waals surface area (Å²) in [4.78, 5) is 13.0. The van der Waals surface area contributed by atoms with Crippen molar-refractivity contribution in [3.8, 4) is 0 Å². The number of aliphatic hydroxyl groups excluding tert-OH is 2. The van der Waals surface area contributed by atoms with Crippen LogP contribution in [0, 0.1) is 46.3 Å². The van der Waals surface area contributed by atoms with Gasteiger partial charge in [0.15, 0.2) is 0 Å². The van der Waals surface area contributed by atoms with Gasteiger partial charge in [0.1, 0.15) is 6.10 Å². The molecule has 296 valence electrons. The number of carbonyl (C=O) groups is 1. The quantitative estimate of drug-likeness (QED) is 0.0727. The van der Waals surface area contributed by atoms with Gasteiger partial charge in [0.2, 0.25) is 0 Å². The van der Waals surface area contributed by atoms with E-state index in [2.05, 4.69) is 52.9 Å². The maximum atomic E-state index is 13.0. The normalized spacial score (nSPS) is 32.0. The van der Waals surface area contributed by atoms with Crippen molar-refractivity contribution in [3.05, 3.63) is 11.6 Å². The molecule has 3 fully saturated rings. The largest absolute Gasteiger partial charge is 0.446 e. The van der Waals surface area contributed by atoms with Crippen molar-refractivity contribution in [2.45, 2.75) is 220 Å². The van der Waals surface area contributed by atoms with E-state index in [0.29, 0.717) is 11.8 Å². The summed E-state index contributed by atoms with van der Waals surface area (Å²) < 4.78 is 5.99. The highest BCUT2D eigenvalue weighted by Gasteiger charge is 2.59. The Balaban J connectivity index is 1.15. The lowest BCUT2D eigenvalue weighted by atomic mass is 9.47. The summed E-state index contributed by atoms with van der Waals surface area (Å²) in [5.74, 6) is 4.93. The van der Waals surface area contributed by atoms with E-state index in [0.717, 1.165) is 67.6 Å². The van der Waals surface area contributed by atoms with Crippen LogP contribution in [0.2, 0.25) is 0 Å². The van der Waals surface area contributed by atoms with Crippen LogP contribution >= 0.6 is 0 Å². The van der Waals surface area contributed by atoms with E-state index >= 15 is 0 Å². The molecule has 0 aliphatic heterocycles. The smallest absolute Gasteiger partial charge is 0.407 e. The molecule has 51 heavy (non-hydrogen) atoms. The van der Waals surface area contributed by atoms with Gasteiger partial charge >= 0.3 is 6.09 Å². The number of aliphatic hydroxyl groups is 2. The van der Waals surface area contributed by atoms with Crippen molar-refractivity contribution in [1.29, 1.82) is 0 Å². The lowest BCUT2D eigenvalue weighted by Gasteiger charge is -2.58. The number of fused-ring (bicyclic) bond motifs is 5. The molecule has 0 aromatic rings. The number of carbonyl (C=O) groups excluding carboxylic acids is 1. The van der Waals surface area contributed by atoms with Gasteiger partial charge in [0, 0.05) is 6.42 Å². The average Bonchev–Trinajstić information content (AvgIpc) is 3.46. The van der Waals surface area contributed by atoms with Crippen LogP contribution in [0.5, 0.6) is 0 Å². The first-order valence-electron chi connectivity index (χ1n) is 22.5. The fourth-order valence-electron chi connectivity index (χ4n) is 11.9. The molecule has 4 rings (SSSR count). The number of hydrogen-bond acceptors (Lipinski definition) is 4. The molecule has 5 heteroatoms. The monoisotopic (exact) mass is 714 g/mol. The second kappa shape index (κ2) is 21.1. The number of ether oxygens (including phenoxy) is 1. The van der Waals surface area contributed by atoms with Crippen molar-refractivity contribution in [1.82, 2.24) is 5.32 Å². The SMILES string of the molecule is CCCCCCCCCCCCCCCC(O)C(CO)NC(=O)OC1CC[C@@]2(C)C(=CCC3C2CC[C@@]2(C)C3CC[C@@H]2[C@H](C)CCCC(C)C)C1. The van der Waals surface area contributed by atoms with E-state index in [1.165, 1.54) is 128 Å². The average molecular weight is 714 g/mol. The molecule has 4 aliphatic rings. The number of hydrogen-bond donors (Lipinski definition) is 3. The van der Waals surface area contributed by atoms with Gasteiger partial charge in [-0.05, 0) is 97.7 Å². The van der Waals surface area contributed by atoms with E-state index in [9.17, 15) is 15.0 Å². The maximum Gasteiger partial charge on any atom is 0.407 e. The lowest BCUT2D eigenvalue weighted by molar-refractivity contribution is -0.0584. The third-order valence-electron chi connectivity index (χ3n) is 15.1. The number of nitrogens with one attached hydrogen (secondary N) is 1. The summed E-state index contributed by atoms with van der Waals surface area (Å²) in [5.41, 5.74) is 2.24. The van der Waals surface area contributed by atoms with E-state index in [1.807, 2.05) is 0 Å². The molecule has 1 amide bonds. The van der Waals surface area contributed by atoms with E-state index in [-0.39, 0.29) is 18.1 Å². The summed E-state index contributed by atoms with van der Waals surface area (Å²) in [5, 5.41) is 23.6. The number of allylic oxidation sites excluding steroid dienone is 1. The molecule has 0 spiro atoms. The minimum atomic E-state index is -0.752. The summed E-state index contributed by atoms with van der Waals surface area (Å²) in [6.45, 7) is 14.5.